The van der Waals surface area contributed by atoms with Crippen LogP contribution in [0.15, 0.2) is 21.6 Å². The van der Waals surface area contributed by atoms with Gasteiger partial charge in [-0.1, -0.05) is 13.8 Å². The molecule has 6 heteroatoms. The fourth-order valence-electron chi connectivity index (χ4n) is 1.96. The predicted molar refractivity (Wildman–Crippen MR) is 73.2 cm³/mol. The normalized spacial score (nSPS) is 22.6. The zero-order valence-corrected chi connectivity index (χ0v) is 12.3. The summed E-state index contributed by atoms with van der Waals surface area (Å²) in [4.78, 5) is 0. The molecule has 1 aromatic rings. The van der Waals surface area contributed by atoms with E-state index < -0.39 is 10.0 Å². The van der Waals surface area contributed by atoms with Gasteiger partial charge in [0.05, 0.1) is 6.54 Å². The summed E-state index contributed by atoms with van der Waals surface area (Å²) in [5.41, 5.74) is 0. The average molecular weight is 286 g/mol. The van der Waals surface area contributed by atoms with Crippen molar-refractivity contribution in [2.75, 3.05) is 13.1 Å². The highest BCUT2D eigenvalue weighted by Crippen LogP contribution is 2.37. The van der Waals surface area contributed by atoms with Crippen LogP contribution in [0.3, 0.4) is 0 Å². The largest absolute Gasteiger partial charge is 0.447 e. The van der Waals surface area contributed by atoms with Crippen molar-refractivity contribution in [3.63, 3.8) is 0 Å². The molecule has 1 aliphatic rings. The molecule has 1 fully saturated rings. The van der Waals surface area contributed by atoms with E-state index in [0.29, 0.717) is 30.7 Å². The minimum absolute atomic E-state index is 0.00843. The highest BCUT2D eigenvalue weighted by molar-refractivity contribution is 7.89. The van der Waals surface area contributed by atoms with Crippen LogP contribution in [0.1, 0.15) is 32.4 Å². The molecule has 1 aromatic heterocycles. The maximum atomic E-state index is 12.0. The fourth-order valence-corrected chi connectivity index (χ4v) is 3.00. The highest BCUT2D eigenvalue weighted by atomic mass is 32.2. The number of furan rings is 1. The van der Waals surface area contributed by atoms with Crippen LogP contribution < -0.4 is 10.0 Å². The zero-order chi connectivity index (χ0) is 13.9. The smallest absolute Gasteiger partial charge is 0.273 e. The molecular formula is C13H22N2O3S. The van der Waals surface area contributed by atoms with E-state index in [0.717, 1.165) is 19.4 Å². The summed E-state index contributed by atoms with van der Waals surface area (Å²) in [5.74, 6) is 1.76. The van der Waals surface area contributed by atoms with Crippen molar-refractivity contribution in [1.82, 2.24) is 10.0 Å². The minimum atomic E-state index is -3.49. The molecular weight excluding hydrogens is 264 g/mol. The molecule has 108 valence electrons. The molecule has 0 spiro atoms. The first-order valence-electron chi connectivity index (χ1n) is 6.82. The first-order valence-corrected chi connectivity index (χ1v) is 8.30. The molecule has 2 unspecified atom stereocenters. The molecule has 1 heterocycles. The second-order valence-electron chi connectivity index (χ2n) is 5.22. The summed E-state index contributed by atoms with van der Waals surface area (Å²) in [6.45, 7) is 6.16. The maximum Gasteiger partial charge on any atom is 0.273 e. The fraction of sp³-hybridized carbons (Fsp3) is 0.692. The molecule has 0 bridgehead atoms. The quantitative estimate of drug-likeness (QED) is 0.714. The summed E-state index contributed by atoms with van der Waals surface area (Å²) in [7, 11) is -3.49. The van der Waals surface area contributed by atoms with Crippen LogP contribution in [0.2, 0.25) is 0 Å². The van der Waals surface area contributed by atoms with Crippen molar-refractivity contribution in [3.8, 4) is 0 Å². The molecule has 1 aliphatic carbocycles. The Bertz CT molecular complexity index is 510. The summed E-state index contributed by atoms with van der Waals surface area (Å²) in [6, 6.07) is 3.22. The standard InChI is InChI=1S/C13H22N2O3S/c1-3-6-14-9-12-4-5-13(18-12)19(16,17)15-8-11-7-10(11)2/h4-5,10-11,14-15H,3,6-9H2,1-2H3. The van der Waals surface area contributed by atoms with Crippen molar-refractivity contribution < 1.29 is 12.8 Å². The van der Waals surface area contributed by atoms with Gasteiger partial charge in [-0.25, -0.2) is 13.1 Å². The molecule has 0 saturated heterocycles. The summed E-state index contributed by atoms with van der Waals surface area (Å²) in [5, 5.41) is 3.18. The lowest BCUT2D eigenvalue weighted by Gasteiger charge is -2.03. The van der Waals surface area contributed by atoms with Crippen LogP contribution in [0, 0.1) is 11.8 Å². The number of nitrogens with one attached hydrogen (secondary N) is 2. The molecule has 0 aromatic carbocycles. The third kappa shape index (κ3) is 4.06. The van der Waals surface area contributed by atoms with Gasteiger partial charge in [-0.15, -0.1) is 0 Å². The van der Waals surface area contributed by atoms with E-state index in [1.807, 2.05) is 0 Å². The van der Waals surface area contributed by atoms with Gasteiger partial charge in [0, 0.05) is 6.54 Å². The molecule has 2 atom stereocenters. The lowest BCUT2D eigenvalue weighted by atomic mass is 10.3. The highest BCUT2D eigenvalue weighted by Gasteiger charge is 2.33. The number of sulfonamides is 1. The van der Waals surface area contributed by atoms with Crippen LogP contribution in [-0.4, -0.2) is 21.5 Å². The first kappa shape index (κ1) is 14.6. The van der Waals surface area contributed by atoms with E-state index in [-0.39, 0.29) is 5.09 Å². The number of hydrogen-bond acceptors (Lipinski definition) is 4. The van der Waals surface area contributed by atoms with Gasteiger partial charge in [0.15, 0.2) is 0 Å². The zero-order valence-electron chi connectivity index (χ0n) is 11.5. The third-order valence-corrected chi connectivity index (χ3v) is 4.74. The van der Waals surface area contributed by atoms with Gasteiger partial charge in [-0.05, 0) is 43.4 Å². The molecule has 1 saturated carbocycles. The van der Waals surface area contributed by atoms with Crippen LogP contribution in [0.5, 0.6) is 0 Å². The van der Waals surface area contributed by atoms with Gasteiger partial charge in [0.2, 0.25) is 5.09 Å². The van der Waals surface area contributed by atoms with Crippen molar-refractivity contribution in [2.24, 2.45) is 11.8 Å². The Balaban J connectivity index is 1.88. The van der Waals surface area contributed by atoms with Crippen molar-refractivity contribution in [3.05, 3.63) is 17.9 Å². The Labute approximate surface area is 114 Å². The Hall–Kier alpha value is -0.850. The predicted octanol–water partition coefficient (Wildman–Crippen LogP) is 1.71. The molecule has 0 radical (unpaired) electrons. The molecule has 19 heavy (non-hydrogen) atoms. The van der Waals surface area contributed by atoms with Crippen LogP contribution in [0.25, 0.3) is 0 Å². The summed E-state index contributed by atoms with van der Waals surface area (Å²) < 4.78 is 31.9. The second kappa shape index (κ2) is 6.07. The van der Waals surface area contributed by atoms with Crippen LogP contribution in [0.4, 0.5) is 0 Å². The van der Waals surface area contributed by atoms with E-state index in [1.165, 1.54) is 6.07 Å². The number of hydrogen-bond donors (Lipinski definition) is 2. The Kier molecular flexibility index (Phi) is 4.65. The SMILES string of the molecule is CCCNCc1ccc(S(=O)(=O)NCC2CC2C)o1. The average Bonchev–Trinajstić information content (AvgIpc) is 2.88. The Morgan fingerprint density at radius 3 is 2.79 bits per heavy atom. The van der Waals surface area contributed by atoms with E-state index in [9.17, 15) is 8.42 Å². The van der Waals surface area contributed by atoms with E-state index in [1.54, 1.807) is 6.07 Å². The molecule has 5 nitrogen and oxygen atoms in total. The molecule has 0 aliphatic heterocycles. The van der Waals surface area contributed by atoms with Crippen LogP contribution in [-0.2, 0) is 16.6 Å². The van der Waals surface area contributed by atoms with Gasteiger partial charge < -0.3 is 9.73 Å². The molecule has 0 amide bonds. The second-order valence-corrected chi connectivity index (χ2v) is 6.92. The lowest BCUT2D eigenvalue weighted by molar-refractivity contribution is 0.399. The van der Waals surface area contributed by atoms with Gasteiger partial charge in [0.1, 0.15) is 5.76 Å². The molecule has 2 N–H and O–H groups in total. The van der Waals surface area contributed by atoms with Crippen LogP contribution >= 0.6 is 0 Å². The van der Waals surface area contributed by atoms with Gasteiger partial charge in [-0.3, -0.25) is 0 Å². The minimum Gasteiger partial charge on any atom is -0.447 e. The monoisotopic (exact) mass is 286 g/mol. The van der Waals surface area contributed by atoms with E-state index in [2.05, 4.69) is 23.9 Å². The Morgan fingerprint density at radius 1 is 1.42 bits per heavy atom. The van der Waals surface area contributed by atoms with Gasteiger partial charge in [0.25, 0.3) is 10.0 Å². The number of rotatable bonds is 8. The molecule has 2 rings (SSSR count). The van der Waals surface area contributed by atoms with E-state index >= 15 is 0 Å². The van der Waals surface area contributed by atoms with Gasteiger partial charge in [-0.2, -0.15) is 0 Å². The lowest BCUT2D eigenvalue weighted by Crippen LogP contribution is -2.25. The van der Waals surface area contributed by atoms with E-state index in [4.69, 9.17) is 4.42 Å². The van der Waals surface area contributed by atoms with Crippen molar-refractivity contribution >= 4 is 10.0 Å². The topological polar surface area (TPSA) is 71.3 Å². The third-order valence-electron chi connectivity index (χ3n) is 3.44. The summed E-state index contributed by atoms with van der Waals surface area (Å²) in [6.07, 6.45) is 2.14. The maximum absolute atomic E-state index is 12.0. The first-order chi connectivity index (χ1) is 9.03. The van der Waals surface area contributed by atoms with Crippen molar-refractivity contribution in [2.45, 2.75) is 38.3 Å². The summed E-state index contributed by atoms with van der Waals surface area (Å²) >= 11 is 0. The van der Waals surface area contributed by atoms with Crippen molar-refractivity contribution in [1.29, 1.82) is 0 Å². The van der Waals surface area contributed by atoms with Gasteiger partial charge >= 0.3 is 0 Å². The Morgan fingerprint density at radius 2 is 2.16 bits per heavy atom.